The van der Waals surface area contributed by atoms with E-state index < -0.39 is 0 Å². The highest BCUT2D eigenvalue weighted by atomic mass is 28.1. The Hall–Kier alpha value is -0.0431. The van der Waals surface area contributed by atoms with Gasteiger partial charge in [0.25, 0.3) is 0 Å². The van der Waals surface area contributed by atoms with Gasteiger partial charge in [-0.3, -0.25) is 0 Å². The summed E-state index contributed by atoms with van der Waals surface area (Å²) in [7, 11) is 3.36. The summed E-state index contributed by atoms with van der Waals surface area (Å²) >= 11 is 0. The Bertz CT molecular complexity index is 54.0. The summed E-state index contributed by atoms with van der Waals surface area (Å²) in [5.74, 6) is 0. The predicted molar refractivity (Wildman–Crippen MR) is 29.8 cm³/mol. The van der Waals surface area contributed by atoms with Crippen molar-refractivity contribution in [2.24, 2.45) is 0 Å². The minimum atomic E-state index is 1.23. The molecule has 0 aromatic heterocycles. The summed E-state index contributed by atoms with van der Waals surface area (Å²) in [6.07, 6.45) is 0. The Labute approximate surface area is 42.7 Å². The van der Waals surface area contributed by atoms with Gasteiger partial charge < -0.3 is 0 Å². The molecule has 1 heteroatoms. The number of rotatable bonds is 0. The van der Waals surface area contributed by atoms with Gasteiger partial charge in [0.05, 0.1) is 10.2 Å². The summed E-state index contributed by atoms with van der Waals surface area (Å²) in [4.78, 5) is 0. The quantitative estimate of drug-likeness (QED) is 0.401. The molecule has 0 aromatic carbocycles. The van der Waals surface area contributed by atoms with Gasteiger partial charge in [-0.1, -0.05) is 10.8 Å². The van der Waals surface area contributed by atoms with Crippen LogP contribution in [0.1, 0.15) is 20.8 Å². The second-order valence-corrected chi connectivity index (χ2v) is 2.38. The van der Waals surface area contributed by atoms with Crippen LogP contribution in [-0.4, -0.2) is 10.2 Å². The third kappa shape index (κ3) is 2.21. The van der Waals surface area contributed by atoms with Crippen molar-refractivity contribution in [3.05, 3.63) is 10.8 Å². The molecule has 6 heavy (non-hydrogen) atoms. The Morgan fingerprint density at radius 1 is 1.17 bits per heavy atom. The molecular formula is C5H9Si. The first kappa shape index (κ1) is 5.96. The van der Waals surface area contributed by atoms with Gasteiger partial charge in [-0.25, -0.2) is 0 Å². The second-order valence-electron chi connectivity index (χ2n) is 1.62. The zero-order chi connectivity index (χ0) is 5.15. The minimum absolute atomic E-state index is 1.23. The number of allylic oxidation sites excluding steroid dienone is 2. The summed E-state index contributed by atoms with van der Waals surface area (Å²) in [6, 6.07) is 0. The SMILES string of the molecule is CC(C)=C(C)[Si]. The fraction of sp³-hybridized carbons (Fsp3) is 0.600. The zero-order valence-electron chi connectivity index (χ0n) is 4.50. The summed E-state index contributed by atoms with van der Waals surface area (Å²) < 4.78 is 0. The van der Waals surface area contributed by atoms with Crippen molar-refractivity contribution in [1.82, 2.24) is 0 Å². The van der Waals surface area contributed by atoms with Crippen molar-refractivity contribution >= 4 is 10.2 Å². The van der Waals surface area contributed by atoms with Crippen LogP contribution >= 0.6 is 0 Å². The molecule has 0 nitrogen and oxygen atoms in total. The van der Waals surface area contributed by atoms with E-state index in [4.69, 9.17) is 0 Å². The molecule has 0 aliphatic heterocycles. The Morgan fingerprint density at radius 2 is 1.33 bits per heavy atom. The lowest BCUT2D eigenvalue weighted by molar-refractivity contribution is 1.34. The highest BCUT2D eigenvalue weighted by Crippen LogP contribution is 1.93. The van der Waals surface area contributed by atoms with Crippen molar-refractivity contribution < 1.29 is 0 Å². The van der Waals surface area contributed by atoms with Crippen LogP contribution in [-0.2, 0) is 0 Å². The molecule has 0 saturated carbocycles. The van der Waals surface area contributed by atoms with E-state index in [0.717, 1.165) is 0 Å². The third-order valence-electron chi connectivity index (χ3n) is 0.750. The van der Waals surface area contributed by atoms with Gasteiger partial charge in [-0.15, -0.1) is 0 Å². The highest BCUT2D eigenvalue weighted by molar-refractivity contribution is 6.21. The molecule has 0 heterocycles. The second kappa shape index (κ2) is 2.19. The molecule has 3 radical (unpaired) electrons. The molecule has 0 amide bonds. The molecule has 0 spiro atoms. The maximum absolute atomic E-state index is 3.36. The topological polar surface area (TPSA) is 0 Å². The lowest BCUT2D eigenvalue weighted by atomic mass is 10.3. The van der Waals surface area contributed by atoms with Crippen LogP contribution in [0.3, 0.4) is 0 Å². The average molecular weight is 97.2 g/mol. The van der Waals surface area contributed by atoms with Gasteiger partial charge in [-0.05, 0) is 20.8 Å². The first-order valence-electron chi connectivity index (χ1n) is 2.00. The van der Waals surface area contributed by atoms with Crippen molar-refractivity contribution in [1.29, 1.82) is 0 Å². The molecule has 0 unspecified atom stereocenters. The van der Waals surface area contributed by atoms with E-state index in [2.05, 4.69) is 24.1 Å². The van der Waals surface area contributed by atoms with Crippen LogP contribution in [0.5, 0.6) is 0 Å². The first-order chi connectivity index (χ1) is 2.64. The molecule has 0 rings (SSSR count). The minimum Gasteiger partial charge on any atom is -0.0928 e. The normalized spacial score (nSPS) is 8.00. The van der Waals surface area contributed by atoms with Crippen LogP contribution in [0.4, 0.5) is 0 Å². The average Bonchev–Trinajstić information content (AvgIpc) is 1.36. The third-order valence-corrected chi connectivity index (χ3v) is 1.25. The zero-order valence-corrected chi connectivity index (χ0v) is 5.50. The van der Waals surface area contributed by atoms with Crippen LogP contribution in [0, 0.1) is 0 Å². The van der Waals surface area contributed by atoms with E-state index in [9.17, 15) is 0 Å². The van der Waals surface area contributed by atoms with Crippen molar-refractivity contribution in [2.75, 3.05) is 0 Å². The van der Waals surface area contributed by atoms with Crippen LogP contribution in [0.25, 0.3) is 0 Å². The molecule has 0 atom stereocenters. The molecule has 33 valence electrons. The van der Waals surface area contributed by atoms with E-state index in [1.807, 2.05) is 6.92 Å². The predicted octanol–water partition coefficient (Wildman–Crippen LogP) is 1.47. The lowest BCUT2D eigenvalue weighted by Crippen LogP contribution is -1.73. The van der Waals surface area contributed by atoms with Crippen molar-refractivity contribution in [3.8, 4) is 0 Å². The molecule has 0 fully saturated rings. The fourth-order valence-electron chi connectivity index (χ4n) is 0. The number of hydrogen-bond acceptors (Lipinski definition) is 0. The molecule has 0 aliphatic carbocycles. The van der Waals surface area contributed by atoms with Gasteiger partial charge in [0.1, 0.15) is 0 Å². The molecule has 0 aliphatic rings. The van der Waals surface area contributed by atoms with E-state index in [1.54, 1.807) is 0 Å². The molecule has 0 saturated heterocycles. The fourth-order valence-corrected chi connectivity index (χ4v) is 0. The monoisotopic (exact) mass is 97.0 g/mol. The van der Waals surface area contributed by atoms with Crippen molar-refractivity contribution in [3.63, 3.8) is 0 Å². The Kier molecular flexibility index (Phi) is 2.17. The maximum Gasteiger partial charge on any atom is 0.0645 e. The Morgan fingerprint density at radius 3 is 1.33 bits per heavy atom. The van der Waals surface area contributed by atoms with E-state index >= 15 is 0 Å². The molecular weight excluding hydrogens is 88.1 g/mol. The lowest BCUT2D eigenvalue weighted by Gasteiger charge is -1.87. The summed E-state index contributed by atoms with van der Waals surface area (Å²) in [6.45, 7) is 6.18. The van der Waals surface area contributed by atoms with Crippen LogP contribution in [0.2, 0.25) is 0 Å². The smallest absolute Gasteiger partial charge is 0.0645 e. The van der Waals surface area contributed by atoms with Gasteiger partial charge in [0.2, 0.25) is 0 Å². The summed E-state index contributed by atoms with van der Waals surface area (Å²) in [5, 5.41) is 1.23. The van der Waals surface area contributed by atoms with Gasteiger partial charge in [-0.2, -0.15) is 0 Å². The molecule has 0 bridgehead atoms. The molecule has 0 N–H and O–H groups in total. The molecule has 0 aromatic rings. The first-order valence-corrected chi connectivity index (χ1v) is 2.50. The summed E-state index contributed by atoms with van der Waals surface area (Å²) in [5.41, 5.74) is 1.34. The van der Waals surface area contributed by atoms with Crippen LogP contribution < -0.4 is 0 Å². The van der Waals surface area contributed by atoms with Crippen molar-refractivity contribution in [2.45, 2.75) is 20.8 Å². The van der Waals surface area contributed by atoms with E-state index in [0.29, 0.717) is 0 Å². The van der Waals surface area contributed by atoms with Gasteiger partial charge in [0.15, 0.2) is 0 Å². The largest absolute Gasteiger partial charge is 0.0928 e. The maximum atomic E-state index is 3.36. The van der Waals surface area contributed by atoms with E-state index in [-0.39, 0.29) is 0 Å². The number of hydrogen-bond donors (Lipinski definition) is 0. The standard InChI is InChI=1S/C5H9Si/c1-4(2)5(3)6/h1-3H3. The van der Waals surface area contributed by atoms with Crippen LogP contribution in [0.15, 0.2) is 10.8 Å². The Balaban J connectivity index is 3.68. The van der Waals surface area contributed by atoms with Gasteiger partial charge >= 0.3 is 0 Å². The van der Waals surface area contributed by atoms with Gasteiger partial charge in [0, 0.05) is 0 Å². The van der Waals surface area contributed by atoms with E-state index in [1.165, 1.54) is 10.8 Å². The highest BCUT2D eigenvalue weighted by Gasteiger charge is 1.75.